The molecule has 6 nitrogen and oxygen atoms in total. The van der Waals surface area contributed by atoms with Gasteiger partial charge in [0, 0.05) is 49.4 Å². The number of anilines is 1. The van der Waals surface area contributed by atoms with Gasteiger partial charge < -0.3 is 14.9 Å². The fourth-order valence-corrected chi connectivity index (χ4v) is 5.60. The maximum Gasteiger partial charge on any atom is 0.324 e. The second-order valence-electron chi connectivity index (χ2n) is 9.10. The minimum atomic E-state index is -0.714. The summed E-state index contributed by atoms with van der Waals surface area (Å²) in [5.41, 5.74) is 3.42. The number of urea groups is 1. The lowest BCUT2D eigenvalue weighted by Gasteiger charge is -2.34. The van der Waals surface area contributed by atoms with Crippen molar-refractivity contribution >= 4 is 29.3 Å². The predicted octanol–water partition coefficient (Wildman–Crippen LogP) is 4.04. The van der Waals surface area contributed by atoms with E-state index in [-0.39, 0.29) is 18.5 Å². The van der Waals surface area contributed by atoms with Crippen LogP contribution in [0.2, 0.25) is 5.02 Å². The number of rotatable bonds is 5. The van der Waals surface area contributed by atoms with Crippen molar-refractivity contribution in [3.05, 3.63) is 28.3 Å². The Labute approximate surface area is 183 Å². The van der Waals surface area contributed by atoms with Crippen molar-refractivity contribution in [3.8, 4) is 0 Å². The topological polar surface area (TPSA) is 64.1 Å². The van der Waals surface area contributed by atoms with Crippen molar-refractivity contribution in [3.63, 3.8) is 0 Å². The van der Waals surface area contributed by atoms with Crippen LogP contribution in [0.15, 0.2) is 12.1 Å². The van der Waals surface area contributed by atoms with E-state index in [0.717, 1.165) is 75.3 Å². The van der Waals surface area contributed by atoms with E-state index in [2.05, 4.69) is 18.0 Å². The molecule has 0 bridgehead atoms. The molecule has 0 aromatic heterocycles. The molecule has 3 aliphatic rings. The van der Waals surface area contributed by atoms with Gasteiger partial charge in [-0.25, -0.2) is 4.79 Å². The number of carboxylic acid groups (broad SMARTS) is 1. The van der Waals surface area contributed by atoms with Crippen LogP contribution in [0, 0.1) is 5.92 Å². The van der Waals surface area contributed by atoms with Gasteiger partial charge in [0.25, 0.3) is 0 Å². The van der Waals surface area contributed by atoms with Crippen LogP contribution in [-0.4, -0.2) is 66.2 Å². The normalized spacial score (nSPS) is 25.3. The number of amides is 2. The van der Waals surface area contributed by atoms with Gasteiger partial charge in [0.2, 0.25) is 0 Å². The summed E-state index contributed by atoms with van der Waals surface area (Å²) in [6.07, 6.45) is 6.90. The first kappa shape index (κ1) is 21.4. The second-order valence-corrected chi connectivity index (χ2v) is 9.51. The Morgan fingerprint density at radius 3 is 2.57 bits per heavy atom. The number of likely N-dealkylation sites (N-methyl/N-ethyl adjacent to an activating group) is 1. The molecule has 2 fully saturated rings. The number of aliphatic carboxylic acids is 1. The average molecular weight is 434 g/mol. The summed E-state index contributed by atoms with van der Waals surface area (Å²) in [5.74, 6) is -0.235. The molecule has 1 saturated heterocycles. The van der Waals surface area contributed by atoms with Gasteiger partial charge in [-0.05, 0) is 81.2 Å². The second kappa shape index (κ2) is 9.15. The van der Waals surface area contributed by atoms with Gasteiger partial charge in [0.05, 0.1) is 0 Å². The molecule has 0 spiro atoms. The third kappa shape index (κ3) is 4.59. The van der Waals surface area contributed by atoms with Gasteiger partial charge in [-0.3, -0.25) is 9.69 Å². The summed E-state index contributed by atoms with van der Waals surface area (Å²) >= 11 is 6.63. The van der Waals surface area contributed by atoms with Gasteiger partial charge in [0.15, 0.2) is 0 Å². The Bertz CT molecular complexity index is 807. The molecule has 0 unspecified atom stereocenters. The first-order valence-electron chi connectivity index (χ1n) is 11.2. The quantitative estimate of drug-likeness (QED) is 0.761. The lowest BCUT2D eigenvalue weighted by atomic mass is 9.83. The van der Waals surface area contributed by atoms with Gasteiger partial charge in [0.1, 0.15) is 0 Å². The van der Waals surface area contributed by atoms with E-state index in [1.54, 1.807) is 0 Å². The largest absolute Gasteiger partial charge is 0.481 e. The van der Waals surface area contributed by atoms with Crippen LogP contribution in [0.25, 0.3) is 0 Å². The number of hydrogen-bond donors (Lipinski definition) is 1. The number of halogens is 1. The molecular formula is C23H32ClN3O3. The number of benzene rings is 1. The van der Waals surface area contributed by atoms with E-state index in [0.29, 0.717) is 12.5 Å². The molecule has 0 radical (unpaired) electrons. The minimum absolute atomic E-state index is 0.0887. The van der Waals surface area contributed by atoms with Gasteiger partial charge in [-0.1, -0.05) is 11.6 Å². The Morgan fingerprint density at radius 2 is 1.83 bits per heavy atom. The van der Waals surface area contributed by atoms with Gasteiger partial charge >= 0.3 is 12.0 Å². The molecule has 1 N–H and O–H groups in total. The number of carbonyl (C=O) groups is 2. The van der Waals surface area contributed by atoms with Crippen molar-refractivity contribution in [2.75, 3.05) is 38.1 Å². The van der Waals surface area contributed by atoms with Crippen molar-refractivity contribution in [2.45, 2.75) is 57.4 Å². The van der Waals surface area contributed by atoms with Crippen LogP contribution < -0.4 is 4.90 Å². The Hall–Kier alpha value is -1.79. The molecule has 164 valence electrons. The molecule has 7 heteroatoms. The van der Waals surface area contributed by atoms with Crippen LogP contribution in [0.4, 0.5) is 10.5 Å². The lowest BCUT2D eigenvalue weighted by molar-refractivity contribution is -0.137. The number of nitrogens with zero attached hydrogens (tertiary/aromatic N) is 3. The Kier molecular flexibility index (Phi) is 6.54. The average Bonchev–Trinajstić information content (AvgIpc) is 3.00. The van der Waals surface area contributed by atoms with Crippen LogP contribution in [0.1, 0.15) is 49.7 Å². The summed E-state index contributed by atoms with van der Waals surface area (Å²) in [7, 11) is 2.14. The predicted molar refractivity (Wildman–Crippen MR) is 118 cm³/mol. The summed E-state index contributed by atoms with van der Waals surface area (Å²) in [5, 5.41) is 9.67. The van der Waals surface area contributed by atoms with Crippen LogP contribution in [0.5, 0.6) is 0 Å². The fourth-order valence-electron chi connectivity index (χ4n) is 5.27. The molecule has 2 amide bonds. The number of carbonyl (C=O) groups excluding carboxylic acids is 1. The highest BCUT2D eigenvalue weighted by Gasteiger charge is 2.36. The monoisotopic (exact) mass is 433 g/mol. The highest BCUT2D eigenvalue weighted by molar-refractivity contribution is 6.31. The zero-order valence-electron chi connectivity index (χ0n) is 17.8. The van der Waals surface area contributed by atoms with Crippen molar-refractivity contribution in [2.24, 2.45) is 5.92 Å². The summed E-state index contributed by atoms with van der Waals surface area (Å²) in [4.78, 5) is 30.3. The molecule has 1 aliphatic carbocycles. The standard InChI is InChI=1S/C23H32ClN3O3/c1-25-10-8-17-14-19(15-21(24)20(17)9-11-25)27-13-12-26(23(27)30)18-5-2-16(3-6-18)4-7-22(28)29/h14-16,18H,2-13H2,1H3,(H,28,29). The van der Waals surface area contributed by atoms with E-state index in [1.807, 2.05) is 15.9 Å². The Balaban J connectivity index is 1.41. The maximum absolute atomic E-state index is 13.2. The van der Waals surface area contributed by atoms with Crippen LogP contribution in [-0.2, 0) is 17.6 Å². The van der Waals surface area contributed by atoms with E-state index in [1.165, 1.54) is 11.1 Å². The first-order chi connectivity index (χ1) is 14.4. The number of hydrogen-bond acceptors (Lipinski definition) is 3. The molecular weight excluding hydrogens is 402 g/mol. The van der Waals surface area contributed by atoms with E-state index >= 15 is 0 Å². The van der Waals surface area contributed by atoms with Crippen LogP contribution in [0.3, 0.4) is 0 Å². The third-order valence-corrected chi connectivity index (χ3v) is 7.49. The number of carboxylic acids is 1. The fraction of sp³-hybridized carbons (Fsp3) is 0.652. The van der Waals surface area contributed by atoms with Gasteiger partial charge in [-0.15, -0.1) is 0 Å². The van der Waals surface area contributed by atoms with Gasteiger partial charge in [-0.2, -0.15) is 0 Å². The molecule has 2 aliphatic heterocycles. The zero-order valence-corrected chi connectivity index (χ0v) is 18.5. The molecule has 30 heavy (non-hydrogen) atoms. The lowest BCUT2D eigenvalue weighted by Crippen LogP contribution is -2.41. The minimum Gasteiger partial charge on any atom is -0.481 e. The van der Waals surface area contributed by atoms with Crippen molar-refractivity contribution in [1.82, 2.24) is 9.80 Å². The van der Waals surface area contributed by atoms with E-state index in [4.69, 9.17) is 16.7 Å². The highest BCUT2D eigenvalue weighted by Crippen LogP contribution is 2.35. The summed E-state index contributed by atoms with van der Waals surface area (Å²) in [6, 6.07) is 4.50. The molecule has 1 aromatic rings. The highest BCUT2D eigenvalue weighted by atomic mass is 35.5. The van der Waals surface area contributed by atoms with E-state index in [9.17, 15) is 9.59 Å². The number of fused-ring (bicyclic) bond motifs is 1. The van der Waals surface area contributed by atoms with Crippen molar-refractivity contribution < 1.29 is 14.7 Å². The molecule has 2 heterocycles. The molecule has 4 rings (SSSR count). The van der Waals surface area contributed by atoms with Crippen LogP contribution >= 0.6 is 11.6 Å². The molecule has 1 aromatic carbocycles. The Morgan fingerprint density at radius 1 is 1.10 bits per heavy atom. The van der Waals surface area contributed by atoms with E-state index < -0.39 is 5.97 Å². The third-order valence-electron chi connectivity index (χ3n) is 7.16. The smallest absolute Gasteiger partial charge is 0.324 e. The summed E-state index contributed by atoms with van der Waals surface area (Å²) in [6.45, 7) is 3.48. The zero-order chi connectivity index (χ0) is 21.3. The summed E-state index contributed by atoms with van der Waals surface area (Å²) < 4.78 is 0. The first-order valence-corrected chi connectivity index (χ1v) is 11.6. The maximum atomic E-state index is 13.2. The molecule has 1 saturated carbocycles. The SMILES string of the molecule is CN1CCc2cc(N3CCN(C4CCC(CCC(=O)O)CC4)C3=O)cc(Cl)c2CC1. The van der Waals surface area contributed by atoms with Crippen molar-refractivity contribution in [1.29, 1.82) is 0 Å². The molecule has 0 atom stereocenters.